The van der Waals surface area contributed by atoms with Crippen molar-refractivity contribution < 1.29 is 0 Å². The summed E-state index contributed by atoms with van der Waals surface area (Å²) in [6.45, 7) is 7.46. The Hall–Kier alpha value is -1.79. The van der Waals surface area contributed by atoms with Crippen LogP contribution in [-0.4, -0.2) is 12.0 Å². The van der Waals surface area contributed by atoms with Crippen molar-refractivity contribution in [3.8, 4) is 6.07 Å². The number of allylic oxidation sites excluding steroid dienone is 2. The lowest BCUT2D eigenvalue weighted by Crippen LogP contribution is -1.90. The van der Waals surface area contributed by atoms with Gasteiger partial charge in [-0.2, -0.15) is 17.0 Å². The van der Waals surface area contributed by atoms with Gasteiger partial charge in [0.15, 0.2) is 0 Å². The van der Waals surface area contributed by atoms with E-state index in [9.17, 15) is 0 Å². The first-order valence-corrected chi connectivity index (χ1v) is 7.29. The molecule has 1 fully saturated rings. The fourth-order valence-electron chi connectivity index (χ4n) is 2.01. The lowest BCUT2D eigenvalue weighted by atomic mass is 10.0. The highest BCUT2D eigenvalue weighted by Crippen LogP contribution is 2.39. The summed E-state index contributed by atoms with van der Waals surface area (Å²) in [5.41, 5.74) is 3.40. The molecule has 0 amide bonds. The second-order valence-corrected chi connectivity index (χ2v) is 5.78. The Bertz CT molecular complexity index is 543. The fourth-order valence-corrected chi connectivity index (χ4v) is 3.31. The van der Waals surface area contributed by atoms with E-state index in [0.717, 1.165) is 11.1 Å². The first-order valence-electron chi connectivity index (χ1n) is 6.24. The Kier molecular flexibility index (Phi) is 4.59. The molecule has 2 nitrogen and oxygen atoms in total. The molecule has 1 aromatic rings. The van der Waals surface area contributed by atoms with E-state index >= 15 is 0 Å². The molecule has 1 aliphatic rings. The minimum atomic E-state index is 0.195. The fraction of sp³-hybridized carbons (Fsp3) is 0.250. The van der Waals surface area contributed by atoms with Crippen molar-refractivity contribution in [2.24, 2.45) is 4.99 Å². The summed E-state index contributed by atoms with van der Waals surface area (Å²) < 4.78 is 0. The molecule has 1 aromatic carbocycles. The molecule has 1 atom stereocenters. The number of rotatable bonds is 4. The number of thioether (sulfide) groups is 1. The molecule has 3 heteroatoms. The molecule has 1 heterocycles. The van der Waals surface area contributed by atoms with E-state index in [1.54, 1.807) is 6.21 Å². The van der Waals surface area contributed by atoms with Gasteiger partial charge in [-0.3, -0.25) is 0 Å². The van der Waals surface area contributed by atoms with Crippen LogP contribution in [0.15, 0.2) is 48.1 Å². The highest BCUT2D eigenvalue weighted by Gasteiger charge is 2.17. The predicted octanol–water partition coefficient (Wildman–Crippen LogP) is 4.38. The quantitative estimate of drug-likeness (QED) is 0.600. The number of hydrogen-bond donors (Lipinski definition) is 0. The molecule has 2 rings (SSSR count). The van der Waals surface area contributed by atoms with Crippen molar-refractivity contribution in [3.63, 3.8) is 0 Å². The van der Waals surface area contributed by atoms with Crippen LogP contribution in [0.1, 0.15) is 29.2 Å². The van der Waals surface area contributed by atoms with E-state index in [4.69, 9.17) is 5.26 Å². The molecule has 19 heavy (non-hydrogen) atoms. The van der Waals surface area contributed by atoms with E-state index in [1.165, 1.54) is 24.2 Å². The van der Waals surface area contributed by atoms with Crippen molar-refractivity contribution in [3.05, 3.63) is 54.2 Å². The number of nitriles is 1. The van der Waals surface area contributed by atoms with E-state index in [2.05, 4.69) is 42.4 Å². The monoisotopic (exact) mass is 268 g/mol. The Morgan fingerprint density at radius 1 is 1.37 bits per heavy atom. The predicted molar refractivity (Wildman–Crippen MR) is 83.2 cm³/mol. The molecule has 1 saturated heterocycles. The van der Waals surface area contributed by atoms with Gasteiger partial charge in [-0.15, -0.1) is 0 Å². The molecule has 0 radical (unpaired) electrons. The summed E-state index contributed by atoms with van der Waals surface area (Å²) in [5.74, 6) is 1.27. The zero-order valence-corrected chi connectivity index (χ0v) is 11.6. The molecule has 0 bridgehead atoms. The smallest absolute Gasteiger partial charge is 0.133 e. The van der Waals surface area contributed by atoms with Gasteiger partial charge in [0.2, 0.25) is 0 Å². The van der Waals surface area contributed by atoms with E-state index in [1.807, 2.05) is 17.8 Å². The molecule has 1 aliphatic heterocycles. The van der Waals surface area contributed by atoms with Crippen molar-refractivity contribution in [1.29, 1.82) is 5.26 Å². The third-order valence-electron chi connectivity index (χ3n) is 3.09. The third kappa shape index (κ3) is 3.59. The van der Waals surface area contributed by atoms with Crippen LogP contribution >= 0.6 is 11.8 Å². The van der Waals surface area contributed by atoms with Gasteiger partial charge < -0.3 is 0 Å². The molecule has 0 saturated carbocycles. The van der Waals surface area contributed by atoms with Gasteiger partial charge in [0.25, 0.3) is 0 Å². The van der Waals surface area contributed by atoms with Crippen LogP contribution in [0.2, 0.25) is 0 Å². The lowest BCUT2D eigenvalue weighted by molar-refractivity contribution is 0.829. The van der Waals surface area contributed by atoms with Gasteiger partial charge in [0, 0.05) is 11.5 Å². The van der Waals surface area contributed by atoms with Crippen molar-refractivity contribution in [2.45, 2.75) is 18.1 Å². The Morgan fingerprint density at radius 3 is 2.68 bits per heavy atom. The summed E-state index contributed by atoms with van der Waals surface area (Å²) in [5, 5.41) is 9.23. The van der Waals surface area contributed by atoms with Crippen molar-refractivity contribution in [1.82, 2.24) is 0 Å². The lowest BCUT2D eigenvalue weighted by Gasteiger charge is -2.09. The SMILES string of the molecule is C=C(C#N)/N=C/C(=C)c1ccc(C2CCCS2)cc1. The van der Waals surface area contributed by atoms with E-state index < -0.39 is 0 Å². The maximum Gasteiger partial charge on any atom is 0.133 e. The highest BCUT2D eigenvalue weighted by atomic mass is 32.2. The molecule has 0 aromatic heterocycles. The average Bonchev–Trinajstić information content (AvgIpc) is 2.98. The van der Waals surface area contributed by atoms with Gasteiger partial charge in [-0.1, -0.05) is 37.4 Å². The number of nitrogens with zero attached hydrogens (tertiary/aromatic N) is 2. The van der Waals surface area contributed by atoms with Crippen LogP contribution in [0.25, 0.3) is 5.57 Å². The highest BCUT2D eigenvalue weighted by molar-refractivity contribution is 7.99. The van der Waals surface area contributed by atoms with Crippen LogP contribution in [-0.2, 0) is 0 Å². The summed E-state index contributed by atoms with van der Waals surface area (Å²) >= 11 is 2.03. The van der Waals surface area contributed by atoms with E-state index in [-0.39, 0.29) is 5.70 Å². The van der Waals surface area contributed by atoms with Crippen LogP contribution in [0.3, 0.4) is 0 Å². The molecule has 0 spiro atoms. The standard InChI is InChI=1S/C16H16N2S/c1-12(11-18-13(2)10-17)14-5-7-15(8-6-14)16-4-3-9-19-16/h5-8,11,16H,1-4,9H2/b18-11+. The largest absolute Gasteiger partial charge is 0.246 e. The Labute approximate surface area is 118 Å². The second kappa shape index (κ2) is 6.40. The average molecular weight is 268 g/mol. The maximum absolute atomic E-state index is 8.58. The first kappa shape index (κ1) is 13.6. The van der Waals surface area contributed by atoms with Crippen molar-refractivity contribution >= 4 is 23.5 Å². The van der Waals surface area contributed by atoms with E-state index in [0.29, 0.717) is 5.25 Å². The number of benzene rings is 1. The minimum absolute atomic E-state index is 0.195. The van der Waals surface area contributed by atoms with Crippen LogP contribution < -0.4 is 0 Å². The van der Waals surface area contributed by atoms with Gasteiger partial charge >= 0.3 is 0 Å². The summed E-state index contributed by atoms with van der Waals surface area (Å²) in [7, 11) is 0. The third-order valence-corrected chi connectivity index (χ3v) is 4.52. The maximum atomic E-state index is 8.58. The van der Waals surface area contributed by atoms with Crippen LogP contribution in [0.4, 0.5) is 0 Å². The van der Waals surface area contributed by atoms with Gasteiger partial charge in [-0.25, -0.2) is 4.99 Å². The normalized spacial score (nSPS) is 18.4. The molecular formula is C16H16N2S. The zero-order chi connectivity index (χ0) is 13.7. The van der Waals surface area contributed by atoms with Crippen LogP contribution in [0, 0.1) is 11.3 Å². The Morgan fingerprint density at radius 2 is 2.11 bits per heavy atom. The number of aliphatic imine (C=N–C) groups is 1. The minimum Gasteiger partial charge on any atom is -0.246 e. The van der Waals surface area contributed by atoms with Gasteiger partial charge in [0.1, 0.15) is 11.8 Å². The molecular weight excluding hydrogens is 252 g/mol. The number of hydrogen-bond acceptors (Lipinski definition) is 3. The second-order valence-electron chi connectivity index (χ2n) is 4.47. The molecule has 0 aliphatic carbocycles. The van der Waals surface area contributed by atoms with Gasteiger partial charge in [-0.05, 0) is 35.3 Å². The molecule has 1 unspecified atom stereocenters. The molecule has 96 valence electrons. The van der Waals surface area contributed by atoms with Crippen LogP contribution in [0.5, 0.6) is 0 Å². The summed E-state index contributed by atoms with van der Waals surface area (Å²) in [4.78, 5) is 3.93. The Balaban J connectivity index is 2.05. The summed E-state index contributed by atoms with van der Waals surface area (Å²) in [6.07, 6.45) is 4.17. The first-order chi connectivity index (χ1) is 9.20. The van der Waals surface area contributed by atoms with Gasteiger partial charge in [0.05, 0.1) is 0 Å². The topological polar surface area (TPSA) is 36.1 Å². The molecule has 0 N–H and O–H groups in total. The van der Waals surface area contributed by atoms with Crippen molar-refractivity contribution in [2.75, 3.05) is 5.75 Å². The zero-order valence-electron chi connectivity index (χ0n) is 10.8. The summed E-state index contributed by atoms with van der Waals surface area (Å²) in [6, 6.07) is 10.3.